The zero-order chi connectivity index (χ0) is 30.1. The quantitative estimate of drug-likeness (QED) is 0.269. The van der Waals surface area contributed by atoms with Crippen molar-refractivity contribution in [2.75, 3.05) is 30.3 Å². The number of nitrogens with one attached hydrogen (secondary N) is 2. The number of carboxylic acids is 1. The second-order valence-electron chi connectivity index (χ2n) is 8.76. The summed E-state index contributed by atoms with van der Waals surface area (Å²) in [4.78, 5) is 44.6. The lowest BCUT2D eigenvalue weighted by Crippen LogP contribution is -2.33. The summed E-state index contributed by atoms with van der Waals surface area (Å²) in [6, 6.07) is 2.97. The van der Waals surface area contributed by atoms with Crippen molar-refractivity contribution in [3.8, 4) is 0 Å². The molecule has 0 aromatic carbocycles. The fraction of sp³-hybridized carbons (Fsp3) is 0.304. The summed E-state index contributed by atoms with van der Waals surface area (Å²) in [5.41, 5.74) is 7.86. The van der Waals surface area contributed by atoms with Gasteiger partial charge < -0.3 is 26.4 Å². The van der Waals surface area contributed by atoms with Gasteiger partial charge in [0.05, 0.1) is 11.1 Å². The number of carboxylic acid groups (broad SMARTS) is 1. The third-order valence-corrected chi connectivity index (χ3v) is 6.60. The number of hydrogen-bond donors (Lipinski definition) is 4. The van der Waals surface area contributed by atoms with Gasteiger partial charge in [-0.15, -0.1) is 5.10 Å². The van der Waals surface area contributed by atoms with Crippen LogP contribution in [0, 0.1) is 0 Å². The maximum atomic E-state index is 13.2. The van der Waals surface area contributed by atoms with E-state index in [0.29, 0.717) is 42.2 Å². The molecule has 0 spiro atoms. The number of aromatic nitrogens is 5. The summed E-state index contributed by atoms with van der Waals surface area (Å²) < 4.78 is 35.0. The second-order valence-corrected chi connectivity index (χ2v) is 9.52. The summed E-state index contributed by atoms with van der Waals surface area (Å²) in [6.45, 7) is 3.37. The lowest BCUT2D eigenvalue weighted by atomic mass is 10.1. The molecule has 0 radical (unpaired) electrons. The van der Waals surface area contributed by atoms with Crippen LogP contribution in [-0.2, 0) is 9.59 Å². The molecule has 0 saturated carbocycles. The lowest BCUT2D eigenvalue weighted by Gasteiger charge is -2.29. The molecule has 1 fully saturated rings. The van der Waals surface area contributed by atoms with Crippen LogP contribution in [0.25, 0.3) is 11.2 Å². The van der Waals surface area contributed by atoms with Gasteiger partial charge in [-0.05, 0) is 19.1 Å². The fourth-order valence-electron chi connectivity index (χ4n) is 4.21. The van der Waals surface area contributed by atoms with Gasteiger partial charge in [0.1, 0.15) is 23.2 Å². The van der Waals surface area contributed by atoms with Crippen LogP contribution < -0.4 is 21.3 Å². The Morgan fingerprint density at radius 2 is 1.95 bits per heavy atom. The molecule has 4 aromatic rings. The molecule has 218 valence electrons. The molecule has 5 N–H and O–H groups in total. The number of hydrogen-bond acceptors (Lipinski definition) is 8. The number of aliphatic carboxylic acids is 1. The van der Waals surface area contributed by atoms with E-state index < -0.39 is 24.1 Å². The maximum absolute atomic E-state index is 13.2. The minimum Gasteiger partial charge on any atom is -0.475 e. The molecule has 41 heavy (non-hydrogen) atoms. The summed E-state index contributed by atoms with van der Waals surface area (Å²) in [5, 5.41) is 17.8. The minimum absolute atomic E-state index is 0.0182. The SMILES string of the molecule is C[C@H](NC(=O)c1c(N)nn2cccnc12)c1cc(Cl)c2c(Cl)ncn2c1N1CCNC(=O)CC1.O=C(O)C(F)(F)F. The Morgan fingerprint density at radius 3 is 2.63 bits per heavy atom. The highest BCUT2D eigenvalue weighted by Crippen LogP contribution is 2.36. The number of amides is 2. The predicted octanol–water partition coefficient (Wildman–Crippen LogP) is 2.72. The average molecular weight is 616 g/mol. The number of halogens is 5. The van der Waals surface area contributed by atoms with Gasteiger partial charge >= 0.3 is 12.1 Å². The standard InChI is InChI=1S/C21H21Cl2N9O2.C2HF3O2/c1-11(28-20(34)15-18(24)29-32-6-2-4-26-19(15)32)12-9-13(22)16-17(23)27-10-31(16)21(12)30-7-3-14(33)25-5-8-30;3-2(4,5)1(6)7/h2,4,6,9-11H,3,5,7-8H2,1H3,(H2,24,29)(H,25,33)(H,28,34);(H,6,7)/t11-;/m0./s1. The number of pyridine rings is 1. The van der Waals surface area contributed by atoms with Crippen molar-refractivity contribution in [1.82, 2.24) is 34.6 Å². The molecule has 1 aliphatic rings. The zero-order valence-corrected chi connectivity index (χ0v) is 22.6. The Labute approximate surface area is 239 Å². The van der Waals surface area contributed by atoms with Crippen molar-refractivity contribution in [3.05, 3.63) is 52.2 Å². The molecule has 18 heteroatoms. The number of nitrogen functional groups attached to an aromatic ring is 1. The highest BCUT2D eigenvalue weighted by Gasteiger charge is 2.38. The number of nitrogens with zero attached hydrogens (tertiary/aromatic N) is 6. The van der Waals surface area contributed by atoms with Crippen LogP contribution in [0.3, 0.4) is 0 Å². The number of alkyl halides is 3. The van der Waals surface area contributed by atoms with Crippen LogP contribution in [0.4, 0.5) is 24.8 Å². The molecular weight excluding hydrogens is 594 g/mol. The average Bonchev–Trinajstić information content (AvgIpc) is 3.37. The lowest BCUT2D eigenvalue weighted by molar-refractivity contribution is -0.192. The molecule has 0 aliphatic carbocycles. The van der Waals surface area contributed by atoms with Gasteiger partial charge in [-0.1, -0.05) is 23.2 Å². The van der Waals surface area contributed by atoms with Crippen molar-refractivity contribution in [1.29, 1.82) is 0 Å². The van der Waals surface area contributed by atoms with Gasteiger partial charge in [0.25, 0.3) is 5.91 Å². The van der Waals surface area contributed by atoms with E-state index in [1.54, 1.807) is 35.3 Å². The molecule has 5 rings (SSSR count). The van der Waals surface area contributed by atoms with Crippen molar-refractivity contribution < 1.29 is 32.7 Å². The largest absolute Gasteiger partial charge is 0.490 e. The maximum Gasteiger partial charge on any atom is 0.490 e. The molecule has 1 saturated heterocycles. The molecular formula is C23H22Cl2F3N9O4. The second kappa shape index (κ2) is 11.7. The van der Waals surface area contributed by atoms with E-state index in [-0.39, 0.29) is 22.4 Å². The van der Waals surface area contributed by atoms with Gasteiger partial charge in [-0.25, -0.2) is 19.3 Å². The Kier molecular flexibility index (Phi) is 8.44. The Hall–Kier alpha value is -4.31. The van der Waals surface area contributed by atoms with Gasteiger partial charge in [0.15, 0.2) is 16.6 Å². The predicted molar refractivity (Wildman–Crippen MR) is 142 cm³/mol. The number of carbonyl (C=O) groups excluding carboxylic acids is 2. The molecule has 1 atom stereocenters. The van der Waals surface area contributed by atoms with Crippen LogP contribution in [0.2, 0.25) is 10.2 Å². The van der Waals surface area contributed by atoms with Crippen LogP contribution in [0.15, 0.2) is 30.9 Å². The van der Waals surface area contributed by atoms with Crippen LogP contribution in [0.5, 0.6) is 0 Å². The third kappa shape index (κ3) is 6.22. The number of carbonyl (C=O) groups is 3. The summed E-state index contributed by atoms with van der Waals surface area (Å²) in [5.74, 6) is -2.37. The number of imidazole rings is 1. The number of rotatable bonds is 4. The van der Waals surface area contributed by atoms with E-state index in [4.69, 9.17) is 38.8 Å². The van der Waals surface area contributed by atoms with Gasteiger partial charge in [0, 0.05) is 44.0 Å². The van der Waals surface area contributed by atoms with Gasteiger partial charge in [-0.3, -0.25) is 14.0 Å². The van der Waals surface area contributed by atoms with Crippen molar-refractivity contribution in [3.63, 3.8) is 0 Å². The van der Waals surface area contributed by atoms with Crippen molar-refractivity contribution >= 4 is 63.8 Å². The number of nitrogens with two attached hydrogens (primary N) is 1. The van der Waals surface area contributed by atoms with E-state index in [0.717, 1.165) is 11.4 Å². The van der Waals surface area contributed by atoms with Crippen molar-refractivity contribution in [2.45, 2.75) is 25.6 Å². The molecule has 5 heterocycles. The van der Waals surface area contributed by atoms with E-state index >= 15 is 0 Å². The summed E-state index contributed by atoms with van der Waals surface area (Å²) in [6.07, 6.45) is 0.0731. The first-order chi connectivity index (χ1) is 19.3. The van der Waals surface area contributed by atoms with Crippen LogP contribution in [0.1, 0.15) is 35.3 Å². The monoisotopic (exact) mass is 615 g/mol. The van der Waals surface area contributed by atoms with Crippen LogP contribution in [-0.4, -0.2) is 72.7 Å². The topological polar surface area (TPSA) is 172 Å². The van der Waals surface area contributed by atoms with E-state index in [9.17, 15) is 22.8 Å². The number of anilines is 2. The fourth-order valence-corrected chi connectivity index (χ4v) is 4.79. The van der Waals surface area contributed by atoms with Gasteiger partial charge in [0.2, 0.25) is 5.91 Å². The normalized spacial score (nSPS) is 14.7. The first kappa shape index (κ1) is 29.7. The Bertz CT molecular complexity index is 1640. The zero-order valence-electron chi connectivity index (χ0n) is 21.1. The smallest absolute Gasteiger partial charge is 0.475 e. The highest BCUT2D eigenvalue weighted by molar-refractivity contribution is 6.39. The molecule has 0 bridgehead atoms. The van der Waals surface area contributed by atoms with Crippen LogP contribution >= 0.6 is 23.2 Å². The molecule has 4 aromatic heterocycles. The Morgan fingerprint density at radius 1 is 1.24 bits per heavy atom. The van der Waals surface area contributed by atoms with E-state index in [1.165, 1.54) is 4.52 Å². The molecule has 1 aliphatic heterocycles. The number of fused-ring (bicyclic) bond motifs is 2. The molecule has 0 unspecified atom stereocenters. The third-order valence-electron chi connectivity index (χ3n) is 6.04. The van der Waals surface area contributed by atoms with Gasteiger partial charge in [-0.2, -0.15) is 13.2 Å². The first-order valence-corrected chi connectivity index (χ1v) is 12.6. The minimum atomic E-state index is -5.08. The van der Waals surface area contributed by atoms with E-state index in [1.807, 2.05) is 6.92 Å². The van der Waals surface area contributed by atoms with E-state index in [2.05, 4.69) is 30.6 Å². The highest BCUT2D eigenvalue weighted by atomic mass is 35.5. The summed E-state index contributed by atoms with van der Waals surface area (Å²) >= 11 is 12.9. The molecule has 13 nitrogen and oxygen atoms in total. The summed E-state index contributed by atoms with van der Waals surface area (Å²) in [7, 11) is 0. The van der Waals surface area contributed by atoms with Crippen molar-refractivity contribution in [2.24, 2.45) is 0 Å². The molecule has 2 amide bonds. The first-order valence-electron chi connectivity index (χ1n) is 11.9. The Balaban J connectivity index is 0.000000493.